The normalized spacial score (nSPS) is 12.6. The zero-order chi connectivity index (χ0) is 20.4. The molecule has 29 heavy (non-hydrogen) atoms. The summed E-state index contributed by atoms with van der Waals surface area (Å²) in [6.07, 6.45) is 0.998. The van der Waals surface area contributed by atoms with Crippen LogP contribution in [0.4, 0.5) is 0 Å². The third kappa shape index (κ3) is 5.52. The fourth-order valence-electron chi connectivity index (χ4n) is 3.65. The first-order valence-corrected chi connectivity index (χ1v) is 12.2. The van der Waals surface area contributed by atoms with Crippen molar-refractivity contribution in [2.24, 2.45) is 5.73 Å². The largest absolute Gasteiger partial charge is 0.377 e. The first-order valence-electron chi connectivity index (χ1n) is 10.2. The van der Waals surface area contributed by atoms with Crippen LogP contribution in [0, 0.1) is 0 Å². The second-order valence-electron chi connectivity index (χ2n) is 7.09. The van der Waals surface area contributed by atoms with Gasteiger partial charge in [-0.05, 0) is 43.3 Å². The van der Waals surface area contributed by atoms with Crippen LogP contribution in [0.15, 0.2) is 91.0 Å². The second kappa shape index (κ2) is 11.2. The van der Waals surface area contributed by atoms with Gasteiger partial charge in [-0.15, -0.1) is 0 Å². The summed E-state index contributed by atoms with van der Waals surface area (Å²) in [7, 11) is -1.83. The van der Waals surface area contributed by atoms with Crippen LogP contribution < -0.4 is 21.6 Å². The van der Waals surface area contributed by atoms with Gasteiger partial charge in [0, 0.05) is 6.54 Å². The lowest BCUT2D eigenvalue weighted by atomic mass is 10.4. The van der Waals surface area contributed by atoms with Gasteiger partial charge >= 0.3 is 0 Å². The highest BCUT2D eigenvalue weighted by Crippen LogP contribution is 2.54. The molecule has 4 heteroatoms. The molecule has 0 radical (unpaired) electrons. The molecule has 0 aliphatic heterocycles. The molecular formula is C25H31NO2P+. The molecule has 0 saturated carbocycles. The Hall–Kier alpha value is -2.03. The van der Waals surface area contributed by atoms with E-state index in [0.717, 1.165) is 6.16 Å². The molecule has 3 aromatic rings. The third-order valence-electron chi connectivity index (χ3n) is 5.03. The van der Waals surface area contributed by atoms with E-state index in [1.807, 2.05) is 0 Å². The highest BCUT2D eigenvalue weighted by Gasteiger charge is 2.44. The average Bonchev–Trinajstić information content (AvgIpc) is 2.79. The Labute approximate surface area is 175 Å². The maximum atomic E-state index is 6.17. The lowest BCUT2D eigenvalue weighted by Crippen LogP contribution is -2.35. The van der Waals surface area contributed by atoms with Crippen molar-refractivity contribution in [3.05, 3.63) is 91.0 Å². The minimum atomic E-state index is -1.83. The minimum absolute atomic E-state index is 0.0470. The molecule has 152 valence electrons. The Morgan fingerprint density at radius 3 is 1.59 bits per heavy atom. The summed E-state index contributed by atoms with van der Waals surface area (Å²) in [5.74, 6) is 0. The fraction of sp³-hybridized carbons (Fsp3) is 0.280. The molecule has 3 nitrogen and oxygen atoms in total. The number of rotatable bonds is 11. The summed E-state index contributed by atoms with van der Waals surface area (Å²) in [6, 6.07) is 32.7. The number of benzene rings is 3. The van der Waals surface area contributed by atoms with Crippen molar-refractivity contribution in [1.82, 2.24) is 0 Å². The van der Waals surface area contributed by atoms with E-state index in [9.17, 15) is 0 Å². The van der Waals surface area contributed by atoms with Crippen LogP contribution in [0.5, 0.6) is 0 Å². The Bertz CT molecular complexity index is 731. The van der Waals surface area contributed by atoms with Crippen LogP contribution >= 0.6 is 7.26 Å². The Morgan fingerprint density at radius 2 is 1.17 bits per heavy atom. The molecule has 1 atom stereocenters. The number of ether oxygens (including phenoxy) is 2. The molecule has 0 aliphatic carbocycles. The fourth-order valence-corrected chi connectivity index (χ4v) is 7.75. The summed E-state index contributed by atoms with van der Waals surface area (Å²) in [6.45, 7) is 4.43. The molecule has 3 rings (SSSR count). The van der Waals surface area contributed by atoms with Gasteiger partial charge in [0.1, 0.15) is 23.2 Å². The number of hydrogen-bond acceptors (Lipinski definition) is 3. The van der Waals surface area contributed by atoms with Crippen LogP contribution in [0.3, 0.4) is 0 Å². The Balaban J connectivity index is 1.93. The smallest absolute Gasteiger partial charge is 0.114 e. The van der Waals surface area contributed by atoms with E-state index in [1.165, 1.54) is 15.9 Å². The molecule has 3 aromatic carbocycles. The van der Waals surface area contributed by atoms with Crippen molar-refractivity contribution in [1.29, 1.82) is 0 Å². The minimum Gasteiger partial charge on any atom is -0.377 e. The predicted octanol–water partition coefficient (Wildman–Crippen LogP) is 3.36. The average molecular weight is 409 g/mol. The summed E-state index contributed by atoms with van der Waals surface area (Å²) >= 11 is 0. The van der Waals surface area contributed by atoms with Crippen LogP contribution in [-0.4, -0.2) is 38.6 Å². The molecule has 0 aliphatic rings. The number of nitrogens with two attached hydrogens (primary N) is 1. The highest BCUT2D eigenvalue weighted by molar-refractivity contribution is 7.95. The Morgan fingerprint density at radius 1 is 0.724 bits per heavy atom. The van der Waals surface area contributed by atoms with Crippen molar-refractivity contribution in [3.63, 3.8) is 0 Å². The molecule has 2 N–H and O–H groups in total. The molecule has 0 amide bonds. The van der Waals surface area contributed by atoms with Crippen LogP contribution in [0.25, 0.3) is 0 Å². The molecular weight excluding hydrogens is 377 g/mol. The van der Waals surface area contributed by atoms with E-state index < -0.39 is 7.26 Å². The molecule has 1 unspecified atom stereocenters. The van der Waals surface area contributed by atoms with Gasteiger partial charge in [0.05, 0.1) is 32.1 Å². The van der Waals surface area contributed by atoms with Gasteiger partial charge < -0.3 is 15.2 Å². The molecule has 0 aromatic heterocycles. The van der Waals surface area contributed by atoms with Crippen LogP contribution in [0.1, 0.15) is 6.92 Å². The van der Waals surface area contributed by atoms with Gasteiger partial charge in [-0.1, -0.05) is 54.6 Å². The first-order chi connectivity index (χ1) is 14.3. The summed E-state index contributed by atoms with van der Waals surface area (Å²) in [5.41, 5.74) is 5.50. The maximum Gasteiger partial charge on any atom is 0.114 e. The summed E-state index contributed by atoms with van der Waals surface area (Å²) < 4.78 is 11.7. The second-order valence-corrected chi connectivity index (χ2v) is 10.7. The van der Waals surface area contributed by atoms with Gasteiger partial charge in [0.15, 0.2) is 0 Å². The maximum absolute atomic E-state index is 6.17. The van der Waals surface area contributed by atoms with Crippen molar-refractivity contribution >= 4 is 23.2 Å². The van der Waals surface area contributed by atoms with Crippen molar-refractivity contribution < 1.29 is 9.47 Å². The molecule has 0 spiro atoms. The van der Waals surface area contributed by atoms with Gasteiger partial charge in [-0.25, -0.2) is 0 Å². The van der Waals surface area contributed by atoms with E-state index >= 15 is 0 Å². The highest BCUT2D eigenvalue weighted by atomic mass is 31.2. The van der Waals surface area contributed by atoms with Crippen LogP contribution in [0.2, 0.25) is 0 Å². The van der Waals surface area contributed by atoms with E-state index in [4.69, 9.17) is 15.2 Å². The van der Waals surface area contributed by atoms with Crippen molar-refractivity contribution in [2.75, 3.05) is 32.5 Å². The topological polar surface area (TPSA) is 44.5 Å². The third-order valence-corrected chi connectivity index (χ3v) is 9.43. The Kier molecular flexibility index (Phi) is 8.39. The van der Waals surface area contributed by atoms with E-state index in [-0.39, 0.29) is 6.10 Å². The summed E-state index contributed by atoms with van der Waals surface area (Å²) in [4.78, 5) is 0. The van der Waals surface area contributed by atoms with E-state index in [1.54, 1.807) is 0 Å². The molecule has 0 saturated heterocycles. The first kappa shape index (κ1) is 21.7. The number of hydrogen-bond donors (Lipinski definition) is 1. The van der Waals surface area contributed by atoms with Crippen LogP contribution in [-0.2, 0) is 9.47 Å². The monoisotopic (exact) mass is 408 g/mol. The zero-order valence-corrected chi connectivity index (χ0v) is 18.0. The standard InChI is InChI=1S/C25H31NO2P/c1-22(21-27-18-17-26)28-19-20-29(23-11-5-2-6-12-23,24-13-7-3-8-14-24)25-15-9-4-10-16-25/h2-16,22H,17-21,26H2,1H3/q+1. The SMILES string of the molecule is CC(COCCN)OCC[P+](c1ccccc1)(c1ccccc1)c1ccccc1. The van der Waals surface area contributed by atoms with Crippen molar-refractivity contribution in [2.45, 2.75) is 13.0 Å². The molecule has 0 fully saturated rings. The lowest BCUT2D eigenvalue weighted by Gasteiger charge is -2.28. The quantitative estimate of drug-likeness (QED) is 0.391. The molecule has 0 heterocycles. The molecule has 0 bridgehead atoms. The van der Waals surface area contributed by atoms with Gasteiger partial charge in [-0.2, -0.15) is 0 Å². The van der Waals surface area contributed by atoms with E-state index in [2.05, 4.69) is 97.9 Å². The van der Waals surface area contributed by atoms with Gasteiger partial charge in [0.25, 0.3) is 0 Å². The summed E-state index contributed by atoms with van der Waals surface area (Å²) in [5, 5.41) is 4.15. The van der Waals surface area contributed by atoms with E-state index in [0.29, 0.717) is 26.4 Å². The van der Waals surface area contributed by atoms with Crippen molar-refractivity contribution in [3.8, 4) is 0 Å². The van der Waals surface area contributed by atoms with Gasteiger partial charge in [-0.3, -0.25) is 0 Å². The lowest BCUT2D eigenvalue weighted by molar-refractivity contribution is 0.00156. The predicted molar refractivity (Wildman–Crippen MR) is 125 cm³/mol. The zero-order valence-electron chi connectivity index (χ0n) is 17.1. The van der Waals surface area contributed by atoms with Gasteiger partial charge in [0.2, 0.25) is 0 Å².